The first-order valence-electron chi connectivity index (χ1n) is 5.82. The fourth-order valence-electron chi connectivity index (χ4n) is 1.64. The van der Waals surface area contributed by atoms with Gasteiger partial charge in [0.15, 0.2) is 0 Å². The van der Waals surface area contributed by atoms with Crippen molar-refractivity contribution in [2.45, 2.75) is 46.6 Å². The molecule has 3 N–H and O–H groups in total. The van der Waals surface area contributed by atoms with Crippen molar-refractivity contribution < 1.29 is 4.74 Å². The molecular formula is C12H20N4O. The third-order valence-corrected chi connectivity index (χ3v) is 2.70. The van der Waals surface area contributed by atoms with Gasteiger partial charge in [0.1, 0.15) is 5.84 Å². The van der Waals surface area contributed by atoms with Gasteiger partial charge in [0.2, 0.25) is 5.88 Å². The van der Waals surface area contributed by atoms with E-state index in [1.165, 1.54) is 0 Å². The van der Waals surface area contributed by atoms with Crippen molar-refractivity contribution in [3.05, 3.63) is 16.8 Å². The maximum Gasteiger partial charge on any atom is 0.245 e. The molecule has 1 atom stereocenters. The Kier molecular flexibility index (Phi) is 4.43. The van der Waals surface area contributed by atoms with Crippen LogP contribution in [-0.4, -0.2) is 22.1 Å². The van der Waals surface area contributed by atoms with E-state index in [2.05, 4.69) is 17.1 Å². The summed E-state index contributed by atoms with van der Waals surface area (Å²) in [5.74, 6) is 0.334. The Bertz CT molecular complexity index is 417. The largest absolute Gasteiger partial charge is 0.473 e. The molecule has 0 radical (unpaired) electrons. The second-order valence-corrected chi connectivity index (χ2v) is 4.22. The van der Waals surface area contributed by atoms with Gasteiger partial charge < -0.3 is 10.5 Å². The van der Waals surface area contributed by atoms with Crippen LogP contribution in [0.2, 0.25) is 0 Å². The predicted octanol–water partition coefficient (Wildman–Crippen LogP) is 1.94. The first kappa shape index (κ1) is 13.4. The van der Waals surface area contributed by atoms with Crippen molar-refractivity contribution in [3.63, 3.8) is 0 Å². The van der Waals surface area contributed by atoms with Gasteiger partial charge >= 0.3 is 0 Å². The van der Waals surface area contributed by atoms with Gasteiger partial charge in [0, 0.05) is 0 Å². The van der Waals surface area contributed by atoms with Gasteiger partial charge in [-0.1, -0.05) is 13.3 Å². The highest BCUT2D eigenvalue weighted by Crippen LogP contribution is 2.21. The van der Waals surface area contributed by atoms with Crippen LogP contribution in [-0.2, 0) is 0 Å². The first-order chi connectivity index (χ1) is 7.97. The Morgan fingerprint density at radius 1 is 1.41 bits per heavy atom. The lowest BCUT2D eigenvalue weighted by atomic mass is 10.1. The molecule has 1 unspecified atom stereocenters. The van der Waals surface area contributed by atoms with E-state index in [0.29, 0.717) is 11.4 Å². The molecule has 0 saturated heterocycles. The topological polar surface area (TPSA) is 84.9 Å². The summed E-state index contributed by atoms with van der Waals surface area (Å²) in [6.07, 6.45) is 2.02. The van der Waals surface area contributed by atoms with E-state index < -0.39 is 0 Å². The minimum atomic E-state index is -0.0285. The number of aryl methyl sites for hydroxylation is 1. The van der Waals surface area contributed by atoms with E-state index in [-0.39, 0.29) is 11.9 Å². The summed E-state index contributed by atoms with van der Waals surface area (Å²) in [5.41, 5.74) is 7.75. The molecule has 0 bridgehead atoms. The molecule has 94 valence electrons. The van der Waals surface area contributed by atoms with Crippen molar-refractivity contribution in [2.75, 3.05) is 0 Å². The zero-order valence-electron chi connectivity index (χ0n) is 10.9. The van der Waals surface area contributed by atoms with Crippen LogP contribution in [0.3, 0.4) is 0 Å². The van der Waals surface area contributed by atoms with Gasteiger partial charge in [-0.25, -0.2) is 0 Å². The van der Waals surface area contributed by atoms with Crippen LogP contribution in [0.5, 0.6) is 5.88 Å². The lowest BCUT2D eigenvalue weighted by Gasteiger charge is -2.16. The Labute approximate surface area is 102 Å². The lowest BCUT2D eigenvalue weighted by molar-refractivity contribution is 0.198. The van der Waals surface area contributed by atoms with Gasteiger partial charge in [0.05, 0.1) is 17.4 Å². The molecule has 0 aliphatic rings. The van der Waals surface area contributed by atoms with Gasteiger partial charge in [-0.15, -0.1) is 5.10 Å². The van der Waals surface area contributed by atoms with Crippen molar-refractivity contribution in [2.24, 2.45) is 5.73 Å². The fourth-order valence-corrected chi connectivity index (χ4v) is 1.64. The molecule has 0 spiro atoms. The minimum absolute atomic E-state index is 0.0285. The zero-order valence-corrected chi connectivity index (χ0v) is 10.9. The average Bonchev–Trinajstić information content (AvgIpc) is 2.23. The van der Waals surface area contributed by atoms with Crippen LogP contribution in [0.15, 0.2) is 0 Å². The van der Waals surface area contributed by atoms with Gasteiger partial charge in [0.25, 0.3) is 0 Å². The number of nitrogens with two attached hydrogens (primary N) is 1. The average molecular weight is 236 g/mol. The molecule has 0 saturated carbocycles. The molecule has 1 heterocycles. The number of hydrogen-bond donors (Lipinski definition) is 2. The van der Waals surface area contributed by atoms with E-state index in [9.17, 15) is 0 Å². The third kappa shape index (κ3) is 3.15. The van der Waals surface area contributed by atoms with E-state index in [0.717, 1.165) is 24.1 Å². The van der Waals surface area contributed by atoms with Crippen LogP contribution in [0, 0.1) is 19.3 Å². The van der Waals surface area contributed by atoms with Crippen LogP contribution in [0.25, 0.3) is 0 Å². The van der Waals surface area contributed by atoms with E-state index >= 15 is 0 Å². The second kappa shape index (κ2) is 5.61. The normalized spacial score (nSPS) is 12.2. The smallest absolute Gasteiger partial charge is 0.245 e. The maximum atomic E-state index is 7.59. The van der Waals surface area contributed by atoms with Gasteiger partial charge in [-0.3, -0.25) is 5.41 Å². The summed E-state index contributed by atoms with van der Waals surface area (Å²) in [5, 5.41) is 15.6. The highest BCUT2D eigenvalue weighted by molar-refractivity contribution is 5.98. The number of amidine groups is 1. The summed E-state index contributed by atoms with van der Waals surface area (Å²) >= 11 is 0. The number of hydrogen-bond acceptors (Lipinski definition) is 4. The summed E-state index contributed by atoms with van der Waals surface area (Å²) in [4.78, 5) is 0. The van der Waals surface area contributed by atoms with E-state index in [1.807, 2.05) is 20.8 Å². The van der Waals surface area contributed by atoms with Crippen molar-refractivity contribution >= 4 is 5.84 Å². The Balaban J connectivity index is 3.07. The summed E-state index contributed by atoms with van der Waals surface area (Å²) < 4.78 is 5.69. The van der Waals surface area contributed by atoms with Crippen molar-refractivity contribution in [3.8, 4) is 5.88 Å². The molecular weight excluding hydrogens is 216 g/mol. The fraction of sp³-hybridized carbons (Fsp3) is 0.583. The van der Waals surface area contributed by atoms with Crippen molar-refractivity contribution in [1.29, 1.82) is 5.41 Å². The number of nitrogens with zero attached hydrogens (tertiary/aromatic N) is 2. The lowest BCUT2D eigenvalue weighted by Crippen LogP contribution is -2.20. The number of aromatic nitrogens is 2. The molecule has 0 amide bonds. The summed E-state index contributed by atoms with van der Waals surface area (Å²) in [6.45, 7) is 7.79. The number of ether oxygens (including phenoxy) is 1. The quantitative estimate of drug-likeness (QED) is 0.604. The molecule has 0 aromatic carbocycles. The molecule has 1 aromatic rings. The van der Waals surface area contributed by atoms with Crippen LogP contribution in [0.4, 0.5) is 0 Å². The monoisotopic (exact) mass is 236 g/mol. The van der Waals surface area contributed by atoms with E-state index in [1.54, 1.807) is 0 Å². The summed E-state index contributed by atoms with van der Waals surface area (Å²) in [7, 11) is 0. The Hall–Kier alpha value is -1.65. The van der Waals surface area contributed by atoms with Gasteiger partial charge in [-0.05, 0) is 32.8 Å². The Morgan fingerprint density at radius 3 is 2.59 bits per heavy atom. The second-order valence-electron chi connectivity index (χ2n) is 4.22. The minimum Gasteiger partial charge on any atom is -0.473 e. The number of nitrogens with one attached hydrogen (secondary N) is 1. The zero-order chi connectivity index (χ0) is 13.0. The van der Waals surface area contributed by atoms with Crippen LogP contribution in [0.1, 0.15) is 43.5 Å². The third-order valence-electron chi connectivity index (χ3n) is 2.70. The molecule has 0 aliphatic carbocycles. The molecule has 5 heteroatoms. The predicted molar refractivity (Wildman–Crippen MR) is 67.5 cm³/mol. The maximum absolute atomic E-state index is 7.59. The molecule has 0 aliphatic heterocycles. The molecule has 17 heavy (non-hydrogen) atoms. The number of nitrogen functional groups attached to an aromatic ring is 1. The standard InChI is InChI=1S/C12H20N4O/c1-5-6-7(2)17-12-10(11(13)14)8(3)9(4)15-16-12/h7H,5-6H2,1-4H3,(H3,13,14). The molecule has 5 nitrogen and oxygen atoms in total. The number of rotatable bonds is 5. The highest BCUT2D eigenvalue weighted by atomic mass is 16.5. The SMILES string of the molecule is CCCC(C)Oc1nnc(C)c(C)c1C(=N)N. The summed E-state index contributed by atoms with van der Waals surface area (Å²) in [6, 6.07) is 0. The van der Waals surface area contributed by atoms with E-state index in [4.69, 9.17) is 15.9 Å². The van der Waals surface area contributed by atoms with Crippen LogP contribution < -0.4 is 10.5 Å². The highest BCUT2D eigenvalue weighted by Gasteiger charge is 2.16. The molecule has 1 aromatic heterocycles. The van der Waals surface area contributed by atoms with Crippen molar-refractivity contribution in [1.82, 2.24) is 10.2 Å². The Morgan fingerprint density at radius 2 is 2.06 bits per heavy atom. The molecule has 1 rings (SSSR count). The van der Waals surface area contributed by atoms with Gasteiger partial charge in [-0.2, -0.15) is 5.10 Å². The van der Waals surface area contributed by atoms with Crippen LogP contribution >= 0.6 is 0 Å². The first-order valence-corrected chi connectivity index (χ1v) is 5.82. The molecule has 0 fully saturated rings.